The van der Waals surface area contributed by atoms with E-state index < -0.39 is 42.8 Å². The summed E-state index contributed by atoms with van der Waals surface area (Å²) in [6.45, 7) is 3.76. The van der Waals surface area contributed by atoms with Gasteiger partial charge in [0.25, 0.3) is 6.10 Å². The molecule has 124 valence electrons. The fraction of sp³-hybridized carbons (Fsp3) is 0.800. The van der Waals surface area contributed by atoms with Gasteiger partial charge in [-0.3, -0.25) is 4.79 Å². The van der Waals surface area contributed by atoms with Crippen LogP contribution in [0.2, 0.25) is 0 Å². The van der Waals surface area contributed by atoms with Crippen molar-refractivity contribution in [3.63, 3.8) is 0 Å². The van der Waals surface area contributed by atoms with E-state index in [-0.39, 0.29) is 0 Å². The molecule has 11 heteroatoms. The molecule has 0 aromatic carbocycles. The molecule has 0 aliphatic rings. The zero-order valence-corrected chi connectivity index (χ0v) is 11.0. The molecule has 5 nitrogen and oxygen atoms in total. The molecular formula is C10H12F6O5. The molecule has 0 N–H and O–H groups in total. The molecule has 0 heterocycles. The Morgan fingerprint density at radius 2 is 1.24 bits per heavy atom. The van der Waals surface area contributed by atoms with Crippen molar-refractivity contribution in [2.75, 3.05) is 0 Å². The third kappa shape index (κ3) is 7.04. The largest absolute Gasteiger partial charge is 0.512 e. The first kappa shape index (κ1) is 19.3. The quantitative estimate of drug-likeness (QED) is 0.451. The average Bonchev–Trinajstić information content (AvgIpc) is 2.22. The minimum absolute atomic E-state index is 0.634. The second-order valence-corrected chi connectivity index (χ2v) is 4.11. The summed E-state index contributed by atoms with van der Waals surface area (Å²) in [5, 5.41) is 0. The lowest BCUT2D eigenvalue weighted by atomic mass is 10.2. The number of hydrogen-bond donors (Lipinski definition) is 0. The summed E-state index contributed by atoms with van der Waals surface area (Å²) in [5.74, 6) is -1.50. The van der Waals surface area contributed by atoms with E-state index in [2.05, 4.69) is 14.2 Å². The molecule has 0 radical (unpaired) electrons. The number of ether oxygens (including phenoxy) is 3. The maximum Gasteiger partial charge on any atom is 0.512 e. The lowest BCUT2D eigenvalue weighted by Gasteiger charge is -2.23. The Morgan fingerprint density at radius 1 is 0.810 bits per heavy atom. The SMILES string of the molecule is CC(OC(=O)OC(C(F)(F)F)C(F)(F)F)OC(=O)C(C)C. The van der Waals surface area contributed by atoms with E-state index in [4.69, 9.17) is 0 Å². The van der Waals surface area contributed by atoms with Gasteiger partial charge in [0.15, 0.2) is 0 Å². The molecule has 0 amide bonds. The first-order valence-electron chi connectivity index (χ1n) is 5.46. The van der Waals surface area contributed by atoms with E-state index in [9.17, 15) is 35.9 Å². The maximum absolute atomic E-state index is 12.1. The molecule has 0 rings (SSSR count). The molecule has 0 aliphatic heterocycles. The van der Waals surface area contributed by atoms with Crippen molar-refractivity contribution in [1.29, 1.82) is 0 Å². The lowest BCUT2D eigenvalue weighted by molar-refractivity contribution is -0.312. The third-order valence-electron chi connectivity index (χ3n) is 1.82. The summed E-state index contributed by atoms with van der Waals surface area (Å²) in [7, 11) is 0. The maximum atomic E-state index is 12.1. The Labute approximate surface area is 115 Å². The normalized spacial score (nSPS) is 14.0. The van der Waals surface area contributed by atoms with Crippen LogP contribution in [0.4, 0.5) is 31.1 Å². The Balaban J connectivity index is 4.63. The molecule has 0 aliphatic carbocycles. The van der Waals surface area contributed by atoms with Crippen molar-refractivity contribution >= 4 is 12.1 Å². The number of esters is 1. The molecule has 0 saturated heterocycles. The van der Waals surface area contributed by atoms with E-state index in [0.29, 0.717) is 0 Å². The van der Waals surface area contributed by atoms with Crippen LogP contribution in [0.25, 0.3) is 0 Å². The van der Waals surface area contributed by atoms with Crippen LogP contribution in [0.1, 0.15) is 20.8 Å². The van der Waals surface area contributed by atoms with Gasteiger partial charge in [-0.2, -0.15) is 26.3 Å². The highest BCUT2D eigenvalue weighted by molar-refractivity contribution is 5.71. The van der Waals surface area contributed by atoms with Crippen molar-refractivity contribution in [2.24, 2.45) is 5.92 Å². The van der Waals surface area contributed by atoms with Crippen LogP contribution in [0.5, 0.6) is 0 Å². The van der Waals surface area contributed by atoms with Gasteiger partial charge in [0.1, 0.15) is 0 Å². The molecule has 0 bridgehead atoms. The smallest absolute Gasteiger partial charge is 0.425 e. The fourth-order valence-corrected chi connectivity index (χ4v) is 0.902. The van der Waals surface area contributed by atoms with Crippen molar-refractivity contribution in [3.8, 4) is 0 Å². The van der Waals surface area contributed by atoms with Crippen LogP contribution >= 0.6 is 0 Å². The van der Waals surface area contributed by atoms with Crippen molar-refractivity contribution in [2.45, 2.75) is 45.5 Å². The van der Waals surface area contributed by atoms with Gasteiger partial charge >= 0.3 is 24.5 Å². The molecule has 1 unspecified atom stereocenters. The molecule has 0 spiro atoms. The number of hydrogen-bond acceptors (Lipinski definition) is 5. The minimum Gasteiger partial charge on any atom is -0.425 e. The van der Waals surface area contributed by atoms with E-state index in [1.807, 2.05) is 0 Å². The Hall–Kier alpha value is -1.68. The molecule has 0 fully saturated rings. The van der Waals surface area contributed by atoms with E-state index in [0.717, 1.165) is 6.92 Å². The zero-order chi connectivity index (χ0) is 17.0. The van der Waals surface area contributed by atoms with Crippen LogP contribution < -0.4 is 0 Å². The van der Waals surface area contributed by atoms with Crippen molar-refractivity contribution in [1.82, 2.24) is 0 Å². The molecule has 0 aromatic heterocycles. The Morgan fingerprint density at radius 3 is 1.57 bits per heavy atom. The van der Waals surface area contributed by atoms with Crippen molar-refractivity contribution in [3.05, 3.63) is 0 Å². The van der Waals surface area contributed by atoms with Gasteiger partial charge in [-0.1, -0.05) is 13.8 Å². The summed E-state index contributed by atoms with van der Waals surface area (Å²) in [6, 6.07) is 0. The molecular weight excluding hydrogens is 314 g/mol. The standard InChI is InChI=1S/C10H12F6O5/c1-4(2)6(17)19-5(3)20-8(18)21-7(9(11,12)13)10(14,15)16/h4-5,7H,1-3H3. The zero-order valence-electron chi connectivity index (χ0n) is 11.0. The van der Waals surface area contributed by atoms with Crippen LogP contribution in [-0.4, -0.2) is 36.9 Å². The highest BCUT2D eigenvalue weighted by Gasteiger charge is 2.60. The third-order valence-corrected chi connectivity index (χ3v) is 1.82. The molecule has 1 atom stereocenters. The Kier molecular flexibility index (Phi) is 6.30. The van der Waals surface area contributed by atoms with E-state index >= 15 is 0 Å². The lowest BCUT2D eigenvalue weighted by Crippen LogP contribution is -2.46. The predicted molar refractivity (Wildman–Crippen MR) is 53.9 cm³/mol. The highest BCUT2D eigenvalue weighted by atomic mass is 19.4. The topological polar surface area (TPSA) is 61.8 Å². The molecule has 0 aromatic rings. The first-order chi connectivity index (χ1) is 9.25. The van der Waals surface area contributed by atoms with Crippen LogP contribution in [-0.2, 0) is 19.0 Å². The second-order valence-electron chi connectivity index (χ2n) is 4.11. The summed E-state index contributed by atoms with van der Waals surface area (Å²) >= 11 is 0. The number of carbonyl (C=O) groups is 2. The fourth-order valence-electron chi connectivity index (χ4n) is 0.902. The minimum atomic E-state index is -5.85. The monoisotopic (exact) mass is 326 g/mol. The number of alkyl halides is 6. The number of carbonyl (C=O) groups excluding carboxylic acids is 2. The van der Waals surface area contributed by atoms with Crippen molar-refractivity contribution < 1.29 is 50.1 Å². The van der Waals surface area contributed by atoms with Gasteiger partial charge < -0.3 is 14.2 Å². The van der Waals surface area contributed by atoms with Crippen LogP contribution in [0.15, 0.2) is 0 Å². The van der Waals surface area contributed by atoms with E-state index in [1.54, 1.807) is 0 Å². The summed E-state index contributed by atoms with van der Waals surface area (Å²) in [6.07, 6.45) is -20.0. The summed E-state index contributed by atoms with van der Waals surface area (Å²) in [4.78, 5) is 21.9. The van der Waals surface area contributed by atoms with Gasteiger partial charge in [0.2, 0.25) is 6.29 Å². The van der Waals surface area contributed by atoms with E-state index in [1.165, 1.54) is 13.8 Å². The highest BCUT2D eigenvalue weighted by Crippen LogP contribution is 2.35. The van der Waals surface area contributed by atoms with Gasteiger partial charge in [-0.25, -0.2) is 4.79 Å². The van der Waals surface area contributed by atoms with Gasteiger partial charge in [0, 0.05) is 6.92 Å². The Bertz CT molecular complexity index is 361. The summed E-state index contributed by atoms with van der Waals surface area (Å²) < 4.78 is 84.1. The first-order valence-corrected chi connectivity index (χ1v) is 5.46. The number of halogens is 6. The van der Waals surface area contributed by atoms with Crippen LogP contribution in [0.3, 0.4) is 0 Å². The second kappa shape index (κ2) is 6.85. The molecule has 0 saturated carbocycles. The van der Waals surface area contributed by atoms with Gasteiger partial charge in [-0.05, 0) is 0 Å². The predicted octanol–water partition coefficient (Wildman–Crippen LogP) is 3.18. The number of rotatable bonds is 4. The van der Waals surface area contributed by atoms with Gasteiger partial charge in [-0.15, -0.1) is 0 Å². The average molecular weight is 326 g/mol. The summed E-state index contributed by atoms with van der Waals surface area (Å²) in [5.41, 5.74) is 0. The van der Waals surface area contributed by atoms with Crippen LogP contribution in [0, 0.1) is 5.92 Å². The molecule has 21 heavy (non-hydrogen) atoms. The van der Waals surface area contributed by atoms with Gasteiger partial charge in [0.05, 0.1) is 5.92 Å².